The van der Waals surface area contributed by atoms with Crippen molar-refractivity contribution < 1.29 is 4.74 Å². The quantitative estimate of drug-likeness (QED) is 0.362. The monoisotopic (exact) mass is 467 g/mol. The average molecular weight is 467 g/mol. The molecule has 0 bridgehead atoms. The molecular weight excluding hydrogens is 437 g/mol. The van der Waals surface area contributed by atoms with Crippen LogP contribution in [-0.4, -0.2) is 19.6 Å². The highest BCUT2D eigenvalue weighted by Gasteiger charge is 2.02. The van der Waals surface area contributed by atoms with Crippen LogP contribution in [0.5, 0.6) is 0 Å². The summed E-state index contributed by atoms with van der Waals surface area (Å²) < 4.78 is 5.42. The first-order valence-electron chi connectivity index (χ1n) is 8.78. The number of nitrogens with one attached hydrogen (secondary N) is 2. The first-order valence-corrected chi connectivity index (χ1v) is 8.78. The molecule has 0 spiro atoms. The summed E-state index contributed by atoms with van der Waals surface area (Å²) >= 11 is 0. The molecule has 0 unspecified atom stereocenters. The molecule has 142 valence electrons. The zero-order chi connectivity index (χ0) is 18.1. The molecule has 5 heteroatoms. The summed E-state index contributed by atoms with van der Waals surface area (Å²) in [6.07, 6.45) is 0. The van der Waals surface area contributed by atoms with Gasteiger partial charge in [-0.2, -0.15) is 0 Å². The number of hydrogen-bond acceptors (Lipinski definition) is 2. The van der Waals surface area contributed by atoms with E-state index in [0.29, 0.717) is 6.61 Å². The summed E-state index contributed by atoms with van der Waals surface area (Å²) in [5.41, 5.74) is 6.29. The van der Waals surface area contributed by atoms with Gasteiger partial charge in [-0.3, -0.25) is 4.99 Å². The van der Waals surface area contributed by atoms with E-state index in [-0.39, 0.29) is 24.0 Å². The Morgan fingerprint density at radius 2 is 1.62 bits per heavy atom. The molecule has 2 aromatic carbocycles. The Balaban J connectivity index is 0.00000338. The van der Waals surface area contributed by atoms with E-state index in [2.05, 4.69) is 71.9 Å². The lowest BCUT2D eigenvalue weighted by Crippen LogP contribution is -2.36. The standard InChI is InChI=1S/C21H29N3O.HI/c1-5-25-15-19-9-7-18(8-10-19)13-23-21(22-4)24-14-20-11-6-16(2)12-17(20)3;/h6-12H,5,13-15H2,1-4H3,(H2,22,23,24);1H. The van der Waals surface area contributed by atoms with E-state index in [4.69, 9.17) is 4.74 Å². The maximum absolute atomic E-state index is 5.42. The molecule has 0 heterocycles. The summed E-state index contributed by atoms with van der Waals surface area (Å²) in [6, 6.07) is 15.0. The highest BCUT2D eigenvalue weighted by Crippen LogP contribution is 2.10. The van der Waals surface area contributed by atoms with Crippen LogP contribution < -0.4 is 10.6 Å². The van der Waals surface area contributed by atoms with Crippen molar-refractivity contribution in [2.45, 2.75) is 40.5 Å². The minimum atomic E-state index is 0. The highest BCUT2D eigenvalue weighted by molar-refractivity contribution is 14.0. The first-order chi connectivity index (χ1) is 12.1. The SMILES string of the molecule is CCOCc1ccc(CNC(=NC)NCc2ccc(C)cc2C)cc1.I. The van der Waals surface area contributed by atoms with Crippen molar-refractivity contribution >= 4 is 29.9 Å². The molecular formula is C21H30IN3O. The van der Waals surface area contributed by atoms with Crippen molar-refractivity contribution in [3.05, 3.63) is 70.3 Å². The van der Waals surface area contributed by atoms with Crippen molar-refractivity contribution in [3.8, 4) is 0 Å². The smallest absolute Gasteiger partial charge is 0.191 e. The van der Waals surface area contributed by atoms with Gasteiger partial charge in [0.15, 0.2) is 5.96 Å². The van der Waals surface area contributed by atoms with Gasteiger partial charge in [-0.25, -0.2) is 0 Å². The minimum Gasteiger partial charge on any atom is -0.377 e. The summed E-state index contributed by atoms with van der Waals surface area (Å²) in [4.78, 5) is 4.30. The van der Waals surface area contributed by atoms with Gasteiger partial charge in [-0.15, -0.1) is 24.0 Å². The molecule has 0 aliphatic heterocycles. The van der Waals surface area contributed by atoms with Gasteiger partial charge in [0, 0.05) is 26.7 Å². The highest BCUT2D eigenvalue weighted by atomic mass is 127. The van der Waals surface area contributed by atoms with Gasteiger partial charge in [0.1, 0.15) is 0 Å². The number of benzene rings is 2. The number of rotatable bonds is 7. The normalized spacial score (nSPS) is 11.0. The maximum atomic E-state index is 5.42. The van der Waals surface area contributed by atoms with Gasteiger partial charge in [-0.1, -0.05) is 48.0 Å². The van der Waals surface area contributed by atoms with Gasteiger partial charge in [0.2, 0.25) is 0 Å². The molecule has 0 saturated carbocycles. The fourth-order valence-electron chi connectivity index (χ4n) is 2.60. The van der Waals surface area contributed by atoms with Crippen LogP contribution in [0.3, 0.4) is 0 Å². The lowest BCUT2D eigenvalue weighted by Gasteiger charge is -2.14. The van der Waals surface area contributed by atoms with Crippen LogP contribution in [0, 0.1) is 13.8 Å². The second-order valence-electron chi connectivity index (χ2n) is 6.16. The molecule has 0 radical (unpaired) electrons. The van der Waals surface area contributed by atoms with E-state index in [9.17, 15) is 0 Å². The van der Waals surface area contributed by atoms with Crippen molar-refractivity contribution in [3.63, 3.8) is 0 Å². The minimum absolute atomic E-state index is 0. The van der Waals surface area contributed by atoms with Gasteiger partial charge >= 0.3 is 0 Å². The molecule has 0 aliphatic rings. The fourth-order valence-corrected chi connectivity index (χ4v) is 2.60. The van der Waals surface area contributed by atoms with E-state index in [1.165, 1.54) is 27.8 Å². The topological polar surface area (TPSA) is 45.6 Å². The Hall–Kier alpha value is -1.60. The first kappa shape index (κ1) is 22.4. The molecule has 2 N–H and O–H groups in total. The third kappa shape index (κ3) is 7.33. The van der Waals surface area contributed by atoms with Crippen LogP contribution in [-0.2, 0) is 24.4 Å². The number of ether oxygens (including phenoxy) is 1. The number of aryl methyl sites for hydroxylation is 2. The summed E-state index contributed by atoms with van der Waals surface area (Å²) in [6.45, 7) is 9.18. The van der Waals surface area contributed by atoms with E-state index < -0.39 is 0 Å². The molecule has 0 atom stereocenters. The van der Waals surface area contributed by atoms with E-state index >= 15 is 0 Å². The third-order valence-electron chi connectivity index (χ3n) is 4.12. The number of aliphatic imine (C=N–C) groups is 1. The van der Waals surface area contributed by atoms with Crippen LogP contribution in [0.1, 0.15) is 34.7 Å². The zero-order valence-electron chi connectivity index (χ0n) is 16.1. The molecule has 0 saturated heterocycles. The molecule has 4 nitrogen and oxygen atoms in total. The second-order valence-corrected chi connectivity index (χ2v) is 6.16. The van der Waals surface area contributed by atoms with E-state index in [0.717, 1.165) is 25.7 Å². The second kappa shape index (κ2) is 11.9. The fraction of sp³-hybridized carbons (Fsp3) is 0.381. The lowest BCUT2D eigenvalue weighted by molar-refractivity contribution is 0.134. The Labute approximate surface area is 174 Å². The van der Waals surface area contributed by atoms with Crippen molar-refractivity contribution in [1.82, 2.24) is 10.6 Å². The van der Waals surface area contributed by atoms with Crippen LogP contribution in [0.25, 0.3) is 0 Å². The van der Waals surface area contributed by atoms with Gasteiger partial charge < -0.3 is 15.4 Å². The molecule has 0 aromatic heterocycles. The third-order valence-corrected chi connectivity index (χ3v) is 4.12. The van der Waals surface area contributed by atoms with E-state index in [1.807, 2.05) is 6.92 Å². The number of halogens is 1. The molecule has 2 aromatic rings. The van der Waals surface area contributed by atoms with Crippen molar-refractivity contribution in [1.29, 1.82) is 0 Å². The molecule has 0 aliphatic carbocycles. The molecule has 0 fully saturated rings. The van der Waals surface area contributed by atoms with Crippen LogP contribution >= 0.6 is 24.0 Å². The lowest BCUT2D eigenvalue weighted by atomic mass is 10.1. The molecule has 0 amide bonds. The summed E-state index contributed by atoms with van der Waals surface area (Å²) in [7, 11) is 1.79. The largest absolute Gasteiger partial charge is 0.377 e. The zero-order valence-corrected chi connectivity index (χ0v) is 18.5. The Morgan fingerprint density at radius 1 is 0.962 bits per heavy atom. The maximum Gasteiger partial charge on any atom is 0.191 e. The number of nitrogens with zero attached hydrogens (tertiary/aromatic N) is 1. The van der Waals surface area contributed by atoms with Crippen LogP contribution in [0.4, 0.5) is 0 Å². The number of guanidine groups is 1. The van der Waals surface area contributed by atoms with Gasteiger partial charge in [0.25, 0.3) is 0 Å². The predicted molar refractivity (Wildman–Crippen MR) is 120 cm³/mol. The Kier molecular flexibility index (Phi) is 10.3. The number of hydrogen-bond donors (Lipinski definition) is 2. The molecule has 26 heavy (non-hydrogen) atoms. The average Bonchev–Trinajstić information content (AvgIpc) is 2.62. The summed E-state index contributed by atoms with van der Waals surface area (Å²) in [5, 5.41) is 6.73. The Morgan fingerprint density at radius 3 is 2.23 bits per heavy atom. The van der Waals surface area contributed by atoms with Gasteiger partial charge in [-0.05, 0) is 43.0 Å². The van der Waals surface area contributed by atoms with Gasteiger partial charge in [0.05, 0.1) is 6.61 Å². The summed E-state index contributed by atoms with van der Waals surface area (Å²) in [5.74, 6) is 0.804. The predicted octanol–water partition coefficient (Wildman–Crippen LogP) is 4.32. The van der Waals surface area contributed by atoms with E-state index in [1.54, 1.807) is 7.05 Å². The van der Waals surface area contributed by atoms with Crippen molar-refractivity contribution in [2.24, 2.45) is 4.99 Å². The van der Waals surface area contributed by atoms with Crippen LogP contribution in [0.2, 0.25) is 0 Å². The molecule has 2 rings (SSSR count). The van der Waals surface area contributed by atoms with Crippen LogP contribution in [0.15, 0.2) is 47.5 Å². The van der Waals surface area contributed by atoms with Crippen molar-refractivity contribution in [2.75, 3.05) is 13.7 Å². The Bertz CT molecular complexity index is 699.